The number of likely N-dealkylation sites (tertiary alicyclic amines) is 1. The molecule has 0 saturated carbocycles. The van der Waals surface area contributed by atoms with Crippen molar-refractivity contribution in [3.8, 4) is 0 Å². The summed E-state index contributed by atoms with van der Waals surface area (Å²) in [5, 5.41) is 9.30. The summed E-state index contributed by atoms with van der Waals surface area (Å²) in [6.07, 6.45) is -0.516. The number of ether oxygens (including phenoxy) is 1. The number of hydrogen-bond acceptors (Lipinski definition) is 4. The molecule has 1 aliphatic heterocycles. The monoisotopic (exact) mass is 257 g/mol. The highest BCUT2D eigenvalue weighted by Crippen LogP contribution is 2.34. The maximum absolute atomic E-state index is 12.0. The number of carboxylic acids is 1. The number of carbonyl (C=O) groups is 3. The van der Waals surface area contributed by atoms with Crippen LogP contribution in [-0.2, 0) is 14.3 Å². The van der Waals surface area contributed by atoms with Crippen molar-refractivity contribution >= 4 is 18.0 Å². The SMILES string of the molecule is CC[C@@]1(C(=O)O)CCC(=O)N1C(=O)OC(C)(C)C. The van der Waals surface area contributed by atoms with Gasteiger partial charge in [-0.05, 0) is 33.6 Å². The molecule has 0 bridgehead atoms. The minimum Gasteiger partial charge on any atom is -0.479 e. The smallest absolute Gasteiger partial charge is 0.418 e. The van der Waals surface area contributed by atoms with Gasteiger partial charge in [0.1, 0.15) is 5.60 Å². The molecule has 0 aromatic rings. The van der Waals surface area contributed by atoms with Crippen molar-refractivity contribution in [2.75, 3.05) is 0 Å². The predicted octanol–water partition coefficient (Wildman–Crippen LogP) is 1.78. The second kappa shape index (κ2) is 4.59. The van der Waals surface area contributed by atoms with E-state index in [1.54, 1.807) is 27.7 Å². The highest BCUT2D eigenvalue weighted by Gasteiger charge is 2.54. The van der Waals surface area contributed by atoms with Gasteiger partial charge in [-0.3, -0.25) is 4.79 Å². The Labute approximate surface area is 106 Å². The first-order valence-electron chi connectivity index (χ1n) is 5.93. The molecule has 1 rings (SSSR count). The molecule has 6 nitrogen and oxygen atoms in total. The van der Waals surface area contributed by atoms with E-state index in [1.165, 1.54) is 0 Å². The number of nitrogens with zero attached hydrogens (tertiary/aromatic N) is 1. The van der Waals surface area contributed by atoms with Crippen LogP contribution >= 0.6 is 0 Å². The molecule has 1 heterocycles. The van der Waals surface area contributed by atoms with Crippen LogP contribution in [0.2, 0.25) is 0 Å². The summed E-state index contributed by atoms with van der Waals surface area (Å²) in [5.41, 5.74) is -2.22. The van der Waals surface area contributed by atoms with Crippen molar-refractivity contribution in [3.63, 3.8) is 0 Å². The molecule has 0 spiro atoms. The number of carboxylic acid groups (broad SMARTS) is 1. The van der Waals surface area contributed by atoms with Crippen LogP contribution in [-0.4, -0.2) is 39.1 Å². The molecule has 0 radical (unpaired) electrons. The largest absolute Gasteiger partial charge is 0.479 e. The van der Waals surface area contributed by atoms with Gasteiger partial charge in [-0.15, -0.1) is 0 Å². The van der Waals surface area contributed by atoms with Crippen LogP contribution in [0, 0.1) is 0 Å². The molecule has 18 heavy (non-hydrogen) atoms. The van der Waals surface area contributed by atoms with E-state index in [0.29, 0.717) is 0 Å². The Bertz CT molecular complexity index is 384. The van der Waals surface area contributed by atoms with E-state index in [1.807, 2.05) is 0 Å². The molecule has 0 aromatic carbocycles. The maximum Gasteiger partial charge on any atom is 0.418 e. The Morgan fingerprint density at radius 2 is 2.00 bits per heavy atom. The van der Waals surface area contributed by atoms with Gasteiger partial charge >= 0.3 is 12.1 Å². The van der Waals surface area contributed by atoms with Crippen molar-refractivity contribution in [1.82, 2.24) is 4.90 Å². The molecule has 0 aliphatic carbocycles. The molecule has 1 atom stereocenters. The highest BCUT2D eigenvalue weighted by molar-refractivity contribution is 6.01. The molecule has 2 amide bonds. The van der Waals surface area contributed by atoms with Crippen LogP contribution < -0.4 is 0 Å². The molecular formula is C12H19NO5. The van der Waals surface area contributed by atoms with Crippen molar-refractivity contribution < 1.29 is 24.2 Å². The first-order valence-corrected chi connectivity index (χ1v) is 5.93. The first kappa shape index (κ1) is 14.5. The molecule has 102 valence electrons. The average Bonchev–Trinajstić information content (AvgIpc) is 2.53. The molecule has 1 fully saturated rings. The van der Waals surface area contributed by atoms with Crippen LogP contribution in [0.25, 0.3) is 0 Å². The van der Waals surface area contributed by atoms with E-state index in [2.05, 4.69) is 0 Å². The van der Waals surface area contributed by atoms with Gasteiger partial charge in [0, 0.05) is 6.42 Å². The van der Waals surface area contributed by atoms with Crippen LogP contribution in [0.1, 0.15) is 47.0 Å². The van der Waals surface area contributed by atoms with Crippen molar-refractivity contribution in [3.05, 3.63) is 0 Å². The van der Waals surface area contributed by atoms with Crippen LogP contribution in [0.3, 0.4) is 0 Å². The summed E-state index contributed by atoms with van der Waals surface area (Å²) in [6.45, 7) is 6.64. The number of carbonyl (C=O) groups excluding carboxylic acids is 2. The van der Waals surface area contributed by atoms with E-state index in [-0.39, 0.29) is 19.3 Å². The third-order valence-corrected chi connectivity index (χ3v) is 2.99. The van der Waals surface area contributed by atoms with Crippen LogP contribution in [0.4, 0.5) is 4.79 Å². The zero-order chi connectivity index (χ0) is 14.1. The molecule has 1 saturated heterocycles. The minimum absolute atomic E-state index is 0.0549. The van der Waals surface area contributed by atoms with Crippen LogP contribution in [0.15, 0.2) is 0 Å². The van der Waals surface area contributed by atoms with Crippen molar-refractivity contribution in [2.24, 2.45) is 0 Å². The van der Waals surface area contributed by atoms with E-state index in [4.69, 9.17) is 4.74 Å². The molecule has 1 aliphatic rings. The fourth-order valence-corrected chi connectivity index (χ4v) is 2.05. The second-order valence-corrected chi connectivity index (χ2v) is 5.40. The topological polar surface area (TPSA) is 83.9 Å². The molecule has 0 aromatic heterocycles. The summed E-state index contributed by atoms with van der Waals surface area (Å²) in [6, 6.07) is 0. The van der Waals surface area contributed by atoms with Crippen molar-refractivity contribution in [2.45, 2.75) is 58.1 Å². The minimum atomic E-state index is -1.46. The molecular weight excluding hydrogens is 238 g/mol. The molecule has 0 unspecified atom stereocenters. The Balaban J connectivity index is 3.06. The van der Waals surface area contributed by atoms with Crippen molar-refractivity contribution in [1.29, 1.82) is 0 Å². The summed E-state index contributed by atoms with van der Waals surface area (Å²) in [7, 11) is 0. The van der Waals surface area contributed by atoms with Gasteiger partial charge in [-0.2, -0.15) is 0 Å². The summed E-state index contributed by atoms with van der Waals surface area (Å²) in [5.74, 6) is -1.66. The second-order valence-electron chi connectivity index (χ2n) is 5.40. The number of imide groups is 1. The zero-order valence-electron chi connectivity index (χ0n) is 11.1. The Morgan fingerprint density at radius 3 is 2.39 bits per heavy atom. The number of amides is 2. The van der Waals surface area contributed by atoms with E-state index < -0.39 is 29.1 Å². The summed E-state index contributed by atoms with van der Waals surface area (Å²) < 4.78 is 5.10. The Kier molecular flexibility index (Phi) is 3.69. The summed E-state index contributed by atoms with van der Waals surface area (Å²) >= 11 is 0. The van der Waals surface area contributed by atoms with E-state index in [0.717, 1.165) is 4.90 Å². The molecule has 6 heteroatoms. The van der Waals surface area contributed by atoms with Gasteiger partial charge in [0.15, 0.2) is 5.54 Å². The summed E-state index contributed by atoms with van der Waals surface area (Å²) in [4.78, 5) is 35.9. The van der Waals surface area contributed by atoms with E-state index in [9.17, 15) is 19.5 Å². The average molecular weight is 257 g/mol. The van der Waals surface area contributed by atoms with Gasteiger partial charge in [0.25, 0.3) is 0 Å². The predicted molar refractivity (Wildman–Crippen MR) is 63.0 cm³/mol. The maximum atomic E-state index is 12.0. The third kappa shape index (κ3) is 2.47. The van der Waals surface area contributed by atoms with Crippen LogP contribution in [0.5, 0.6) is 0 Å². The van der Waals surface area contributed by atoms with Gasteiger partial charge in [0.2, 0.25) is 5.91 Å². The zero-order valence-corrected chi connectivity index (χ0v) is 11.1. The number of rotatable bonds is 2. The normalized spacial score (nSPS) is 24.2. The standard InChI is InChI=1S/C12H19NO5/c1-5-12(9(15)16)7-6-8(14)13(12)10(17)18-11(2,3)4/h5-7H2,1-4H3,(H,15,16)/t12-/m0/s1. The van der Waals surface area contributed by atoms with Gasteiger partial charge in [-0.25, -0.2) is 14.5 Å². The quantitative estimate of drug-likeness (QED) is 0.815. The van der Waals surface area contributed by atoms with Gasteiger partial charge in [-0.1, -0.05) is 6.92 Å². The number of hydrogen-bond donors (Lipinski definition) is 1. The Morgan fingerprint density at radius 1 is 1.44 bits per heavy atom. The highest BCUT2D eigenvalue weighted by atomic mass is 16.6. The lowest BCUT2D eigenvalue weighted by Crippen LogP contribution is -2.55. The van der Waals surface area contributed by atoms with Gasteiger partial charge in [0.05, 0.1) is 0 Å². The lowest BCUT2D eigenvalue weighted by Gasteiger charge is -2.33. The first-order chi connectivity index (χ1) is 8.14. The van der Waals surface area contributed by atoms with E-state index >= 15 is 0 Å². The third-order valence-electron chi connectivity index (χ3n) is 2.99. The fourth-order valence-electron chi connectivity index (χ4n) is 2.05. The number of aliphatic carboxylic acids is 1. The lowest BCUT2D eigenvalue weighted by molar-refractivity contribution is -0.153. The lowest BCUT2D eigenvalue weighted by atomic mass is 9.93. The fraction of sp³-hybridized carbons (Fsp3) is 0.750. The van der Waals surface area contributed by atoms with Gasteiger partial charge < -0.3 is 9.84 Å². The Hall–Kier alpha value is -1.59. The molecule has 1 N–H and O–H groups in total.